The Balaban J connectivity index is 1.10. The van der Waals surface area contributed by atoms with Crippen LogP contribution in [-0.2, 0) is 16.2 Å². The molecule has 8 rings (SSSR count). The Morgan fingerprint density at radius 1 is 0.892 bits per heavy atom. The van der Waals surface area contributed by atoms with Gasteiger partial charge in [-0.3, -0.25) is 9.59 Å². The standard InChI is InChI=1S/C31H28N2O4/c1-2-36-27-14-18(10-13-26(27)37-17-20-8-5-7-19-6-3-4-9-21(19)20)16-32-33-30(34)28-22-11-12-23(25-15-24(22)25)29(28)31(33)35/h3-14,16,22-25,28-29H,2,15,17H2,1H3/b32-16-/t22-,23-,24-,25-,28-,29+/m1/s1. The SMILES string of the molecule is CCOc1cc(/C=N\N2C(=O)[C@@H]3[C@@H]4C=C[C@H]([C@H]5C[C@H]45)[C@@H]3C2=O)ccc1OCc1cccc2ccccc12. The Hall–Kier alpha value is -3.93. The van der Waals surface area contributed by atoms with Gasteiger partial charge in [0.2, 0.25) is 0 Å². The summed E-state index contributed by atoms with van der Waals surface area (Å²) in [5.41, 5.74) is 1.83. The number of benzene rings is 3. The van der Waals surface area contributed by atoms with Crippen LogP contribution in [0.3, 0.4) is 0 Å². The molecule has 0 aromatic heterocycles. The van der Waals surface area contributed by atoms with Crippen LogP contribution in [0, 0.1) is 35.5 Å². The summed E-state index contributed by atoms with van der Waals surface area (Å²) >= 11 is 0. The lowest BCUT2D eigenvalue weighted by Gasteiger charge is -2.37. The van der Waals surface area contributed by atoms with Gasteiger partial charge in [0.1, 0.15) is 6.61 Å². The maximum atomic E-state index is 13.2. The van der Waals surface area contributed by atoms with E-state index in [1.54, 1.807) is 6.21 Å². The maximum absolute atomic E-state index is 13.2. The molecule has 3 aromatic rings. The van der Waals surface area contributed by atoms with Crippen molar-refractivity contribution in [1.29, 1.82) is 0 Å². The molecule has 1 heterocycles. The Morgan fingerprint density at radius 3 is 2.38 bits per heavy atom. The highest BCUT2D eigenvalue weighted by molar-refractivity contribution is 6.06. The molecule has 37 heavy (non-hydrogen) atoms. The first kappa shape index (κ1) is 22.3. The van der Waals surface area contributed by atoms with Crippen molar-refractivity contribution in [2.45, 2.75) is 20.0 Å². The van der Waals surface area contributed by atoms with Gasteiger partial charge in [0, 0.05) is 0 Å². The van der Waals surface area contributed by atoms with Crippen LogP contribution in [0.4, 0.5) is 0 Å². The smallest absolute Gasteiger partial charge is 0.254 e. The van der Waals surface area contributed by atoms with E-state index in [1.165, 1.54) is 5.39 Å². The van der Waals surface area contributed by atoms with Crippen LogP contribution >= 0.6 is 0 Å². The monoisotopic (exact) mass is 492 g/mol. The average molecular weight is 493 g/mol. The van der Waals surface area contributed by atoms with Gasteiger partial charge in [-0.2, -0.15) is 10.1 Å². The topological polar surface area (TPSA) is 68.2 Å². The third-order valence-electron chi connectivity index (χ3n) is 8.49. The summed E-state index contributed by atoms with van der Waals surface area (Å²) in [6, 6.07) is 20.0. The molecule has 2 bridgehead atoms. The number of imide groups is 1. The number of fused-ring (bicyclic) bond motifs is 1. The summed E-state index contributed by atoms with van der Waals surface area (Å²) in [6.45, 7) is 2.81. The lowest BCUT2D eigenvalue weighted by Crippen LogP contribution is -2.40. The molecule has 4 aliphatic carbocycles. The van der Waals surface area contributed by atoms with Crippen LogP contribution in [0.5, 0.6) is 11.5 Å². The van der Waals surface area contributed by atoms with E-state index in [1.807, 2.05) is 43.3 Å². The Bertz CT molecular complexity index is 1440. The van der Waals surface area contributed by atoms with Gasteiger partial charge in [0.05, 0.1) is 24.7 Å². The lowest BCUT2D eigenvalue weighted by molar-refractivity contribution is -0.140. The Kier molecular flexibility index (Phi) is 5.17. The van der Waals surface area contributed by atoms with Gasteiger partial charge < -0.3 is 9.47 Å². The van der Waals surface area contributed by atoms with Crippen molar-refractivity contribution in [2.75, 3.05) is 6.61 Å². The highest BCUT2D eigenvalue weighted by Gasteiger charge is 2.67. The molecule has 0 N–H and O–H groups in total. The minimum atomic E-state index is -0.243. The molecule has 5 aliphatic rings. The molecule has 1 aliphatic heterocycles. The molecular formula is C31H28N2O4. The summed E-state index contributed by atoms with van der Waals surface area (Å²) in [7, 11) is 0. The number of hydrazone groups is 1. The van der Waals surface area contributed by atoms with Crippen LogP contribution in [0.1, 0.15) is 24.5 Å². The number of rotatable bonds is 7. The van der Waals surface area contributed by atoms with Crippen molar-refractivity contribution < 1.29 is 19.1 Å². The third-order valence-corrected chi connectivity index (χ3v) is 8.49. The molecule has 0 radical (unpaired) electrons. The fourth-order valence-electron chi connectivity index (χ4n) is 6.75. The molecule has 0 unspecified atom stereocenters. The number of hydrogen-bond donors (Lipinski definition) is 0. The van der Waals surface area contributed by atoms with Crippen molar-refractivity contribution in [2.24, 2.45) is 40.6 Å². The number of allylic oxidation sites excluding steroid dienone is 2. The van der Waals surface area contributed by atoms with E-state index in [2.05, 4.69) is 41.5 Å². The second-order valence-corrected chi connectivity index (χ2v) is 10.5. The first-order valence-corrected chi connectivity index (χ1v) is 13.1. The number of amides is 2. The van der Waals surface area contributed by atoms with Gasteiger partial charge in [0.25, 0.3) is 11.8 Å². The number of carbonyl (C=O) groups excluding carboxylic acids is 2. The lowest BCUT2D eigenvalue weighted by atomic mass is 9.63. The minimum Gasteiger partial charge on any atom is -0.490 e. The molecule has 6 atom stereocenters. The summed E-state index contributed by atoms with van der Waals surface area (Å²) in [4.78, 5) is 26.3. The van der Waals surface area contributed by atoms with Crippen molar-refractivity contribution in [3.63, 3.8) is 0 Å². The molecule has 2 amide bonds. The summed E-state index contributed by atoms with van der Waals surface area (Å²) < 4.78 is 12.0. The summed E-state index contributed by atoms with van der Waals surface area (Å²) in [6.07, 6.45) is 7.06. The van der Waals surface area contributed by atoms with E-state index < -0.39 is 0 Å². The largest absolute Gasteiger partial charge is 0.490 e. The molecule has 6 nitrogen and oxygen atoms in total. The van der Waals surface area contributed by atoms with Gasteiger partial charge in [-0.1, -0.05) is 54.6 Å². The molecule has 186 valence electrons. The quantitative estimate of drug-likeness (QED) is 0.258. The van der Waals surface area contributed by atoms with Crippen LogP contribution in [0.15, 0.2) is 77.9 Å². The second kappa shape index (κ2) is 8.58. The van der Waals surface area contributed by atoms with Crippen LogP contribution in [0.25, 0.3) is 10.8 Å². The Labute approximate surface area is 215 Å². The average Bonchev–Trinajstić information content (AvgIpc) is 3.71. The van der Waals surface area contributed by atoms with Crippen LogP contribution < -0.4 is 9.47 Å². The van der Waals surface area contributed by atoms with E-state index in [0.29, 0.717) is 36.5 Å². The first-order chi connectivity index (χ1) is 18.1. The van der Waals surface area contributed by atoms with E-state index >= 15 is 0 Å². The van der Waals surface area contributed by atoms with Crippen molar-refractivity contribution in [3.8, 4) is 11.5 Å². The minimum absolute atomic E-state index is 0.156. The number of carbonyl (C=O) groups is 2. The predicted molar refractivity (Wildman–Crippen MR) is 140 cm³/mol. The molecule has 3 fully saturated rings. The van der Waals surface area contributed by atoms with Crippen molar-refractivity contribution in [1.82, 2.24) is 5.01 Å². The van der Waals surface area contributed by atoms with Crippen molar-refractivity contribution in [3.05, 3.63) is 83.9 Å². The normalized spacial score (nSPS) is 29.2. The van der Waals surface area contributed by atoms with Gasteiger partial charge in [0.15, 0.2) is 11.5 Å². The summed E-state index contributed by atoms with van der Waals surface area (Å²) in [5.74, 6) is 1.97. The van der Waals surface area contributed by atoms with Crippen LogP contribution in [-0.4, -0.2) is 29.6 Å². The summed E-state index contributed by atoms with van der Waals surface area (Å²) in [5, 5.41) is 7.80. The van der Waals surface area contributed by atoms with E-state index in [0.717, 1.165) is 27.9 Å². The zero-order valence-corrected chi connectivity index (χ0v) is 20.6. The van der Waals surface area contributed by atoms with Crippen LogP contribution in [0.2, 0.25) is 0 Å². The zero-order chi connectivity index (χ0) is 25.1. The number of ether oxygens (including phenoxy) is 2. The van der Waals surface area contributed by atoms with E-state index in [-0.39, 0.29) is 35.5 Å². The maximum Gasteiger partial charge on any atom is 0.254 e. The Morgan fingerprint density at radius 2 is 1.62 bits per heavy atom. The fourth-order valence-corrected chi connectivity index (χ4v) is 6.75. The highest BCUT2D eigenvalue weighted by atomic mass is 16.5. The predicted octanol–water partition coefficient (Wildman–Crippen LogP) is 5.20. The molecular weight excluding hydrogens is 464 g/mol. The van der Waals surface area contributed by atoms with Gasteiger partial charge in [-0.05, 0) is 77.1 Å². The van der Waals surface area contributed by atoms with Gasteiger partial charge in [-0.15, -0.1) is 0 Å². The zero-order valence-electron chi connectivity index (χ0n) is 20.6. The second-order valence-electron chi connectivity index (χ2n) is 10.5. The van der Waals surface area contributed by atoms with Gasteiger partial charge in [-0.25, -0.2) is 0 Å². The van der Waals surface area contributed by atoms with E-state index in [9.17, 15) is 9.59 Å². The van der Waals surface area contributed by atoms with E-state index in [4.69, 9.17) is 9.47 Å². The third kappa shape index (κ3) is 3.57. The number of hydrogen-bond acceptors (Lipinski definition) is 5. The highest BCUT2D eigenvalue weighted by Crippen LogP contribution is 2.65. The molecule has 0 spiro atoms. The molecule has 2 saturated carbocycles. The molecule has 3 aromatic carbocycles. The number of nitrogens with zero attached hydrogens (tertiary/aromatic N) is 2. The van der Waals surface area contributed by atoms with Crippen molar-refractivity contribution >= 4 is 28.8 Å². The first-order valence-electron chi connectivity index (χ1n) is 13.1. The molecule has 1 saturated heterocycles. The fraction of sp³-hybridized carbons (Fsp3) is 0.323. The van der Waals surface area contributed by atoms with Gasteiger partial charge >= 0.3 is 0 Å². The molecule has 6 heteroatoms.